The molecule has 0 atom stereocenters. The molecule has 0 heterocycles. The van der Waals surface area contributed by atoms with Crippen LogP contribution < -0.4 is 0 Å². The lowest BCUT2D eigenvalue weighted by Gasteiger charge is -2.06. The number of carbonyl (C=O) groups excluding carboxylic acids is 1. The highest BCUT2D eigenvalue weighted by Gasteiger charge is 2.05. The monoisotopic (exact) mass is 208 g/mol. The summed E-state index contributed by atoms with van der Waals surface area (Å²) >= 11 is 0. The van der Waals surface area contributed by atoms with Gasteiger partial charge in [0.05, 0.1) is 6.26 Å². The quantitative estimate of drug-likeness (QED) is 0.574. The van der Waals surface area contributed by atoms with Gasteiger partial charge in [-0.2, -0.15) is 0 Å². The van der Waals surface area contributed by atoms with Crippen molar-refractivity contribution in [3.05, 3.63) is 42.2 Å². The Morgan fingerprint density at radius 2 is 2.00 bits per heavy atom. The Morgan fingerprint density at radius 3 is 2.53 bits per heavy atom. The number of rotatable bonds is 4. The lowest BCUT2D eigenvalue weighted by atomic mass is 10.1. The van der Waals surface area contributed by atoms with E-state index in [-0.39, 0.29) is 6.61 Å². The van der Waals surface area contributed by atoms with Gasteiger partial charge in [0.2, 0.25) is 0 Å². The van der Waals surface area contributed by atoms with Crippen molar-refractivity contribution < 1.29 is 19.7 Å². The number of aliphatic hydroxyl groups excluding tert-OH is 2. The Kier molecular flexibility index (Phi) is 4.37. The van der Waals surface area contributed by atoms with E-state index in [2.05, 4.69) is 4.74 Å². The number of hydrogen-bond acceptors (Lipinski definition) is 4. The molecule has 0 aliphatic carbocycles. The van der Waals surface area contributed by atoms with E-state index >= 15 is 0 Å². The van der Waals surface area contributed by atoms with E-state index in [4.69, 9.17) is 10.2 Å². The fourth-order valence-corrected chi connectivity index (χ4v) is 1.05. The summed E-state index contributed by atoms with van der Waals surface area (Å²) in [7, 11) is 0. The second kappa shape index (κ2) is 5.82. The molecule has 0 saturated carbocycles. The standard InChI is InChI=1S/C11H12O4/c12-6-10(8-15-11(14)7-13)9-4-2-1-3-5-9/h1-6,12-13H,7-8H2. The smallest absolute Gasteiger partial charge is 0.332 e. The maximum atomic E-state index is 10.7. The molecule has 15 heavy (non-hydrogen) atoms. The minimum atomic E-state index is -0.717. The molecule has 4 heteroatoms. The molecule has 1 aromatic rings. The Labute approximate surface area is 87.4 Å². The fourth-order valence-electron chi connectivity index (χ4n) is 1.05. The highest BCUT2D eigenvalue weighted by Crippen LogP contribution is 2.13. The number of ether oxygens (including phenoxy) is 1. The Morgan fingerprint density at radius 1 is 1.33 bits per heavy atom. The van der Waals surface area contributed by atoms with Gasteiger partial charge in [-0.15, -0.1) is 0 Å². The van der Waals surface area contributed by atoms with E-state index < -0.39 is 12.6 Å². The van der Waals surface area contributed by atoms with E-state index in [0.29, 0.717) is 5.57 Å². The van der Waals surface area contributed by atoms with E-state index in [0.717, 1.165) is 11.8 Å². The third-order valence-corrected chi connectivity index (χ3v) is 1.82. The number of carbonyl (C=O) groups is 1. The van der Waals surface area contributed by atoms with Crippen LogP contribution in [0.1, 0.15) is 5.56 Å². The third-order valence-electron chi connectivity index (χ3n) is 1.82. The summed E-state index contributed by atoms with van der Waals surface area (Å²) in [6.45, 7) is -0.715. The van der Waals surface area contributed by atoms with Gasteiger partial charge < -0.3 is 14.9 Å². The van der Waals surface area contributed by atoms with Crippen molar-refractivity contribution in [3.8, 4) is 0 Å². The molecule has 4 nitrogen and oxygen atoms in total. The van der Waals surface area contributed by atoms with Crippen molar-refractivity contribution in [2.24, 2.45) is 0 Å². The van der Waals surface area contributed by atoms with Crippen molar-refractivity contribution >= 4 is 11.5 Å². The summed E-state index contributed by atoms with van der Waals surface area (Å²) in [6.07, 6.45) is 0.889. The molecular weight excluding hydrogens is 196 g/mol. The van der Waals surface area contributed by atoms with Crippen LogP contribution in [-0.4, -0.2) is 29.4 Å². The number of esters is 1. The van der Waals surface area contributed by atoms with Gasteiger partial charge in [-0.3, -0.25) is 0 Å². The minimum absolute atomic E-state index is 0.0556. The normalized spacial score (nSPS) is 11.1. The maximum absolute atomic E-state index is 10.7. The fraction of sp³-hybridized carbons (Fsp3) is 0.182. The summed E-state index contributed by atoms with van der Waals surface area (Å²) < 4.78 is 4.68. The maximum Gasteiger partial charge on any atom is 0.332 e. The lowest BCUT2D eigenvalue weighted by Crippen LogP contribution is -2.10. The SMILES string of the molecule is O=C(CO)OCC(=CO)c1ccccc1. The third kappa shape index (κ3) is 3.44. The first-order valence-corrected chi connectivity index (χ1v) is 4.43. The average Bonchev–Trinajstić information content (AvgIpc) is 2.31. The van der Waals surface area contributed by atoms with Gasteiger partial charge in [-0.1, -0.05) is 30.3 Å². The second-order valence-corrected chi connectivity index (χ2v) is 2.84. The van der Waals surface area contributed by atoms with Crippen LogP contribution in [0.5, 0.6) is 0 Å². The van der Waals surface area contributed by atoms with Gasteiger partial charge in [-0.05, 0) is 5.56 Å². The number of aliphatic hydroxyl groups is 2. The van der Waals surface area contributed by atoms with E-state index in [9.17, 15) is 4.79 Å². The predicted octanol–water partition coefficient (Wildman–Crippen LogP) is 1.12. The van der Waals surface area contributed by atoms with Crippen LogP contribution >= 0.6 is 0 Å². The zero-order valence-corrected chi connectivity index (χ0v) is 8.09. The summed E-state index contributed by atoms with van der Waals surface area (Å²) in [6, 6.07) is 9.04. The Bertz CT molecular complexity index is 343. The van der Waals surface area contributed by atoms with Crippen molar-refractivity contribution in [1.29, 1.82) is 0 Å². The second-order valence-electron chi connectivity index (χ2n) is 2.84. The molecule has 0 aliphatic heterocycles. The molecule has 1 rings (SSSR count). The zero-order chi connectivity index (χ0) is 11.1. The number of hydrogen-bond donors (Lipinski definition) is 2. The van der Waals surface area contributed by atoms with Crippen LogP contribution in [0.4, 0.5) is 0 Å². The van der Waals surface area contributed by atoms with Crippen LogP contribution in [0.15, 0.2) is 36.6 Å². The lowest BCUT2D eigenvalue weighted by molar-refractivity contribution is -0.145. The molecule has 0 aromatic heterocycles. The topological polar surface area (TPSA) is 66.8 Å². The van der Waals surface area contributed by atoms with E-state index in [1.807, 2.05) is 18.2 Å². The van der Waals surface area contributed by atoms with Crippen molar-refractivity contribution in [2.45, 2.75) is 0 Å². The molecule has 1 aromatic carbocycles. The first-order valence-electron chi connectivity index (χ1n) is 4.43. The minimum Gasteiger partial charge on any atom is -0.515 e. The van der Waals surface area contributed by atoms with Crippen molar-refractivity contribution in [1.82, 2.24) is 0 Å². The largest absolute Gasteiger partial charge is 0.515 e. The molecule has 0 fully saturated rings. The predicted molar refractivity (Wildman–Crippen MR) is 55.1 cm³/mol. The molecule has 0 bridgehead atoms. The van der Waals surface area contributed by atoms with Gasteiger partial charge in [0, 0.05) is 5.57 Å². The molecule has 0 unspecified atom stereocenters. The highest BCUT2D eigenvalue weighted by atomic mass is 16.5. The van der Waals surface area contributed by atoms with Gasteiger partial charge in [0.1, 0.15) is 13.2 Å². The first-order chi connectivity index (χ1) is 7.27. The summed E-state index contributed by atoms with van der Waals surface area (Å²) in [5.74, 6) is -0.717. The molecule has 0 radical (unpaired) electrons. The average molecular weight is 208 g/mol. The zero-order valence-electron chi connectivity index (χ0n) is 8.09. The van der Waals surface area contributed by atoms with Crippen LogP contribution in [0.25, 0.3) is 5.57 Å². The molecular formula is C11H12O4. The summed E-state index contributed by atoms with van der Waals surface area (Å²) in [5, 5.41) is 17.4. The Hall–Kier alpha value is -1.81. The highest BCUT2D eigenvalue weighted by molar-refractivity contribution is 5.73. The molecule has 80 valence electrons. The molecule has 0 saturated heterocycles. The van der Waals surface area contributed by atoms with Crippen molar-refractivity contribution in [2.75, 3.05) is 13.2 Å². The number of benzene rings is 1. The van der Waals surface area contributed by atoms with Gasteiger partial charge in [0.25, 0.3) is 0 Å². The van der Waals surface area contributed by atoms with E-state index in [1.54, 1.807) is 12.1 Å². The van der Waals surface area contributed by atoms with Crippen molar-refractivity contribution in [3.63, 3.8) is 0 Å². The Balaban J connectivity index is 2.63. The first kappa shape index (κ1) is 11.3. The van der Waals surface area contributed by atoms with E-state index in [1.165, 1.54) is 0 Å². The van der Waals surface area contributed by atoms with Crippen LogP contribution in [0.2, 0.25) is 0 Å². The van der Waals surface area contributed by atoms with Gasteiger partial charge in [0.15, 0.2) is 0 Å². The molecule has 0 spiro atoms. The van der Waals surface area contributed by atoms with Gasteiger partial charge in [-0.25, -0.2) is 4.79 Å². The van der Waals surface area contributed by atoms with Gasteiger partial charge >= 0.3 is 5.97 Å². The summed E-state index contributed by atoms with van der Waals surface area (Å²) in [5.41, 5.74) is 1.25. The van der Waals surface area contributed by atoms with Crippen LogP contribution in [0, 0.1) is 0 Å². The summed E-state index contributed by atoms with van der Waals surface area (Å²) in [4.78, 5) is 10.7. The molecule has 2 N–H and O–H groups in total. The van der Waals surface area contributed by atoms with Crippen LogP contribution in [0.3, 0.4) is 0 Å². The molecule has 0 aliphatic rings. The molecule has 0 amide bonds. The van der Waals surface area contributed by atoms with Crippen LogP contribution in [-0.2, 0) is 9.53 Å².